The molecule has 1 saturated heterocycles. The Morgan fingerprint density at radius 2 is 2.16 bits per heavy atom. The SMILES string of the molecule is CC(CCN)C(=O)N1CCN(Cc2ccsc2)CC1. The molecule has 1 unspecified atom stereocenters. The van der Waals surface area contributed by atoms with Crippen molar-refractivity contribution in [2.75, 3.05) is 32.7 Å². The van der Waals surface area contributed by atoms with Crippen molar-refractivity contribution in [2.24, 2.45) is 11.7 Å². The highest BCUT2D eigenvalue weighted by Gasteiger charge is 2.24. The van der Waals surface area contributed by atoms with Crippen LogP contribution in [-0.2, 0) is 11.3 Å². The van der Waals surface area contributed by atoms with Gasteiger partial charge in [0.15, 0.2) is 0 Å². The van der Waals surface area contributed by atoms with Crippen LogP contribution < -0.4 is 5.73 Å². The first-order valence-corrected chi connectivity index (χ1v) is 7.87. The highest BCUT2D eigenvalue weighted by molar-refractivity contribution is 7.07. The third kappa shape index (κ3) is 4.03. The lowest BCUT2D eigenvalue weighted by molar-refractivity contribution is -0.137. The number of hydrogen-bond acceptors (Lipinski definition) is 4. The van der Waals surface area contributed by atoms with Crippen LogP contribution in [0, 0.1) is 5.92 Å². The zero-order valence-corrected chi connectivity index (χ0v) is 12.4. The van der Waals surface area contributed by atoms with Gasteiger partial charge >= 0.3 is 0 Å². The van der Waals surface area contributed by atoms with Crippen molar-refractivity contribution in [3.63, 3.8) is 0 Å². The fraction of sp³-hybridized carbons (Fsp3) is 0.643. The molecule has 2 rings (SSSR count). The van der Waals surface area contributed by atoms with Crippen LogP contribution in [0.15, 0.2) is 16.8 Å². The minimum atomic E-state index is 0.0634. The molecule has 1 aromatic heterocycles. The van der Waals surface area contributed by atoms with Gasteiger partial charge in [0.05, 0.1) is 0 Å². The molecule has 0 radical (unpaired) electrons. The number of nitrogens with zero attached hydrogens (tertiary/aromatic N) is 2. The van der Waals surface area contributed by atoms with E-state index < -0.39 is 0 Å². The zero-order chi connectivity index (χ0) is 13.7. The summed E-state index contributed by atoms with van der Waals surface area (Å²) in [6.45, 7) is 7.20. The van der Waals surface area contributed by atoms with Gasteiger partial charge in [-0.2, -0.15) is 11.3 Å². The second-order valence-corrected chi connectivity index (χ2v) is 5.99. The number of hydrogen-bond donors (Lipinski definition) is 1. The van der Waals surface area contributed by atoms with Crippen LogP contribution in [0.2, 0.25) is 0 Å². The van der Waals surface area contributed by atoms with Gasteiger partial charge in [-0.1, -0.05) is 6.92 Å². The Morgan fingerprint density at radius 1 is 1.42 bits per heavy atom. The van der Waals surface area contributed by atoms with Crippen molar-refractivity contribution in [2.45, 2.75) is 19.9 Å². The first-order valence-electron chi connectivity index (χ1n) is 6.93. The molecule has 0 aromatic carbocycles. The molecule has 1 atom stereocenters. The smallest absolute Gasteiger partial charge is 0.225 e. The van der Waals surface area contributed by atoms with Crippen molar-refractivity contribution in [1.82, 2.24) is 9.80 Å². The largest absolute Gasteiger partial charge is 0.340 e. The molecule has 0 bridgehead atoms. The monoisotopic (exact) mass is 281 g/mol. The summed E-state index contributed by atoms with van der Waals surface area (Å²) in [4.78, 5) is 16.6. The maximum Gasteiger partial charge on any atom is 0.225 e. The lowest BCUT2D eigenvalue weighted by atomic mass is 10.1. The van der Waals surface area contributed by atoms with Crippen molar-refractivity contribution in [3.8, 4) is 0 Å². The molecule has 1 amide bonds. The zero-order valence-electron chi connectivity index (χ0n) is 11.5. The lowest BCUT2D eigenvalue weighted by Gasteiger charge is -2.35. The van der Waals surface area contributed by atoms with E-state index in [1.165, 1.54) is 5.56 Å². The third-order valence-electron chi connectivity index (χ3n) is 3.69. The van der Waals surface area contributed by atoms with E-state index in [1.54, 1.807) is 11.3 Å². The quantitative estimate of drug-likeness (QED) is 0.887. The number of piperazine rings is 1. The van der Waals surface area contributed by atoms with Crippen LogP contribution in [0.4, 0.5) is 0 Å². The van der Waals surface area contributed by atoms with Gasteiger partial charge in [-0.25, -0.2) is 0 Å². The summed E-state index contributed by atoms with van der Waals surface area (Å²) in [5, 5.41) is 4.31. The van der Waals surface area contributed by atoms with Gasteiger partial charge in [0, 0.05) is 38.6 Å². The first kappa shape index (κ1) is 14.5. The summed E-state index contributed by atoms with van der Waals surface area (Å²) in [6.07, 6.45) is 0.786. The fourth-order valence-corrected chi connectivity index (χ4v) is 3.11. The van der Waals surface area contributed by atoms with Gasteiger partial charge in [-0.15, -0.1) is 0 Å². The number of thiophene rings is 1. The molecule has 2 N–H and O–H groups in total. The number of carbonyl (C=O) groups excluding carboxylic acids is 1. The summed E-state index contributed by atoms with van der Waals surface area (Å²) in [5.74, 6) is 0.328. The molecule has 2 heterocycles. The Labute approximate surface area is 119 Å². The minimum absolute atomic E-state index is 0.0634. The highest BCUT2D eigenvalue weighted by Crippen LogP contribution is 2.13. The highest BCUT2D eigenvalue weighted by atomic mass is 32.1. The van der Waals surface area contributed by atoms with E-state index in [4.69, 9.17) is 5.73 Å². The minimum Gasteiger partial charge on any atom is -0.340 e. The molecule has 19 heavy (non-hydrogen) atoms. The molecule has 106 valence electrons. The molecule has 1 aliphatic rings. The number of nitrogens with two attached hydrogens (primary N) is 1. The van der Waals surface area contributed by atoms with E-state index in [1.807, 2.05) is 11.8 Å². The molecule has 1 aromatic rings. The summed E-state index contributed by atoms with van der Waals surface area (Å²) < 4.78 is 0. The average molecular weight is 281 g/mol. The predicted molar refractivity (Wildman–Crippen MR) is 79.0 cm³/mol. The molecule has 0 saturated carbocycles. The molecule has 5 heteroatoms. The first-order chi connectivity index (χ1) is 9.20. The van der Waals surface area contributed by atoms with Gasteiger partial charge < -0.3 is 10.6 Å². The van der Waals surface area contributed by atoms with E-state index in [2.05, 4.69) is 21.7 Å². The summed E-state index contributed by atoms with van der Waals surface area (Å²) >= 11 is 1.74. The molecule has 1 aliphatic heterocycles. The van der Waals surface area contributed by atoms with Gasteiger partial charge in [-0.05, 0) is 35.4 Å². The third-order valence-corrected chi connectivity index (χ3v) is 4.42. The topological polar surface area (TPSA) is 49.6 Å². The van der Waals surface area contributed by atoms with Gasteiger partial charge in [0.25, 0.3) is 0 Å². The van der Waals surface area contributed by atoms with Crippen LogP contribution in [0.1, 0.15) is 18.9 Å². The standard InChI is InChI=1S/C14H23N3OS/c1-12(2-4-15)14(18)17-7-5-16(6-8-17)10-13-3-9-19-11-13/h3,9,11-12H,2,4-8,10,15H2,1H3. The van der Waals surface area contributed by atoms with E-state index in [-0.39, 0.29) is 11.8 Å². The molecule has 1 fully saturated rings. The van der Waals surface area contributed by atoms with Crippen LogP contribution in [0.25, 0.3) is 0 Å². The van der Waals surface area contributed by atoms with Gasteiger partial charge in [-0.3, -0.25) is 9.69 Å². The van der Waals surface area contributed by atoms with Crippen molar-refractivity contribution < 1.29 is 4.79 Å². The molecular formula is C14H23N3OS. The molecular weight excluding hydrogens is 258 g/mol. The second kappa shape index (κ2) is 7.03. The van der Waals surface area contributed by atoms with E-state index in [0.717, 1.165) is 39.1 Å². The van der Waals surface area contributed by atoms with Crippen LogP contribution in [0.5, 0.6) is 0 Å². The maximum absolute atomic E-state index is 12.2. The van der Waals surface area contributed by atoms with Gasteiger partial charge in [0.1, 0.15) is 0 Å². The van der Waals surface area contributed by atoms with E-state index in [9.17, 15) is 4.79 Å². The molecule has 4 nitrogen and oxygen atoms in total. The average Bonchev–Trinajstić information content (AvgIpc) is 2.92. The Balaban J connectivity index is 1.77. The van der Waals surface area contributed by atoms with Crippen LogP contribution in [0.3, 0.4) is 0 Å². The number of amides is 1. The van der Waals surface area contributed by atoms with Crippen molar-refractivity contribution in [1.29, 1.82) is 0 Å². The van der Waals surface area contributed by atoms with Crippen LogP contribution >= 0.6 is 11.3 Å². The summed E-state index contributed by atoms with van der Waals surface area (Å²) in [5.41, 5.74) is 6.89. The lowest BCUT2D eigenvalue weighted by Crippen LogP contribution is -2.49. The normalized spacial score (nSPS) is 18.5. The number of rotatable bonds is 5. The molecule has 0 spiro atoms. The molecule has 0 aliphatic carbocycles. The van der Waals surface area contributed by atoms with E-state index in [0.29, 0.717) is 6.54 Å². The second-order valence-electron chi connectivity index (χ2n) is 5.21. The number of carbonyl (C=O) groups is 1. The van der Waals surface area contributed by atoms with Crippen LogP contribution in [-0.4, -0.2) is 48.4 Å². The summed E-state index contributed by atoms with van der Waals surface area (Å²) in [7, 11) is 0. The predicted octanol–water partition coefficient (Wildman–Crippen LogP) is 1.38. The Bertz CT molecular complexity index is 385. The fourth-order valence-electron chi connectivity index (χ4n) is 2.45. The Kier molecular flexibility index (Phi) is 5.36. The maximum atomic E-state index is 12.2. The van der Waals surface area contributed by atoms with Crippen molar-refractivity contribution in [3.05, 3.63) is 22.4 Å². The van der Waals surface area contributed by atoms with Gasteiger partial charge in [0.2, 0.25) is 5.91 Å². The Hall–Kier alpha value is -0.910. The van der Waals surface area contributed by atoms with E-state index >= 15 is 0 Å². The Morgan fingerprint density at radius 3 is 2.74 bits per heavy atom. The summed E-state index contributed by atoms with van der Waals surface area (Å²) in [6, 6.07) is 2.17. The van der Waals surface area contributed by atoms with Crippen molar-refractivity contribution >= 4 is 17.2 Å².